The zero-order valence-corrected chi connectivity index (χ0v) is 9.20. The van der Waals surface area contributed by atoms with E-state index in [2.05, 4.69) is 17.9 Å². The van der Waals surface area contributed by atoms with Crippen LogP contribution in [-0.2, 0) is 0 Å². The van der Waals surface area contributed by atoms with Crippen LogP contribution < -0.4 is 4.89 Å². The van der Waals surface area contributed by atoms with E-state index in [9.17, 15) is 0 Å². The molecule has 0 unspecified atom stereocenters. The minimum atomic E-state index is 0.571. The van der Waals surface area contributed by atoms with E-state index in [1.165, 1.54) is 43.2 Å². The highest BCUT2D eigenvalue weighted by atomic mass is 17.1. The van der Waals surface area contributed by atoms with E-state index >= 15 is 0 Å². The van der Waals surface area contributed by atoms with Gasteiger partial charge >= 0.3 is 0 Å². The molecule has 1 saturated carbocycles. The molecule has 0 atom stereocenters. The van der Waals surface area contributed by atoms with Crippen LogP contribution in [0.4, 0.5) is 0 Å². The molecule has 0 bridgehead atoms. The molecule has 0 saturated heterocycles. The summed E-state index contributed by atoms with van der Waals surface area (Å²) in [7, 11) is 0. The minimum absolute atomic E-state index is 0.571. The lowest BCUT2D eigenvalue weighted by atomic mass is 9.82. The Morgan fingerprint density at radius 2 is 1.93 bits per heavy atom. The van der Waals surface area contributed by atoms with Crippen molar-refractivity contribution in [2.45, 2.75) is 44.9 Å². The van der Waals surface area contributed by atoms with Gasteiger partial charge in [-0.2, -0.15) is 0 Å². The predicted octanol–water partition coefficient (Wildman–Crippen LogP) is 3.89. The second-order valence-corrected chi connectivity index (χ2v) is 4.41. The second kappa shape index (κ2) is 4.67. The van der Waals surface area contributed by atoms with Crippen LogP contribution in [0.15, 0.2) is 18.2 Å². The lowest BCUT2D eigenvalue weighted by Crippen LogP contribution is -2.08. The first-order valence-corrected chi connectivity index (χ1v) is 5.74. The Morgan fingerprint density at radius 1 is 1.20 bits per heavy atom. The monoisotopic (exact) mass is 206 g/mol. The van der Waals surface area contributed by atoms with Crippen LogP contribution in [0.3, 0.4) is 0 Å². The molecule has 0 aromatic heterocycles. The Balaban J connectivity index is 2.31. The van der Waals surface area contributed by atoms with E-state index in [-0.39, 0.29) is 0 Å². The third kappa shape index (κ3) is 2.15. The van der Waals surface area contributed by atoms with E-state index < -0.39 is 0 Å². The molecular weight excluding hydrogens is 188 g/mol. The fourth-order valence-corrected chi connectivity index (χ4v) is 2.65. The molecule has 0 aliphatic heterocycles. The van der Waals surface area contributed by atoms with Crippen molar-refractivity contribution in [2.24, 2.45) is 0 Å². The van der Waals surface area contributed by atoms with E-state index in [0.717, 1.165) is 0 Å². The molecule has 0 spiro atoms. The maximum absolute atomic E-state index is 8.87. The first-order chi connectivity index (χ1) is 7.33. The first kappa shape index (κ1) is 10.5. The van der Waals surface area contributed by atoms with Gasteiger partial charge in [0, 0.05) is 5.56 Å². The lowest BCUT2D eigenvalue weighted by molar-refractivity contribution is -0.138. The van der Waals surface area contributed by atoms with E-state index in [1.54, 1.807) is 0 Å². The molecule has 2 nitrogen and oxygen atoms in total. The predicted molar refractivity (Wildman–Crippen MR) is 60.3 cm³/mol. The lowest BCUT2D eigenvalue weighted by Gasteiger charge is -2.24. The molecule has 1 aromatic carbocycles. The summed E-state index contributed by atoms with van der Waals surface area (Å²) in [5.41, 5.74) is 2.44. The summed E-state index contributed by atoms with van der Waals surface area (Å²) in [5.74, 6) is 1.21. The van der Waals surface area contributed by atoms with Crippen LogP contribution in [0.5, 0.6) is 5.75 Å². The van der Waals surface area contributed by atoms with Crippen molar-refractivity contribution in [1.82, 2.24) is 0 Å². The highest BCUT2D eigenvalue weighted by Gasteiger charge is 2.21. The van der Waals surface area contributed by atoms with Crippen molar-refractivity contribution >= 4 is 0 Å². The Labute approximate surface area is 90.8 Å². The molecule has 1 aliphatic carbocycles. The van der Waals surface area contributed by atoms with Gasteiger partial charge in [0.25, 0.3) is 0 Å². The Morgan fingerprint density at radius 3 is 2.60 bits per heavy atom. The quantitative estimate of drug-likeness (QED) is 0.587. The Kier molecular flexibility index (Phi) is 3.27. The molecule has 82 valence electrons. The number of rotatable bonds is 2. The number of hydrogen-bond donors (Lipinski definition) is 1. The molecule has 1 aliphatic rings. The molecule has 0 amide bonds. The van der Waals surface area contributed by atoms with Crippen LogP contribution in [0.25, 0.3) is 0 Å². The molecule has 2 heteroatoms. The van der Waals surface area contributed by atoms with Gasteiger partial charge in [0.05, 0.1) is 0 Å². The first-order valence-electron chi connectivity index (χ1n) is 5.74. The van der Waals surface area contributed by atoms with Crippen molar-refractivity contribution in [3.63, 3.8) is 0 Å². The van der Waals surface area contributed by atoms with Crippen molar-refractivity contribution in [1.29, 1.82) is 0 Å². The van der Waals surface area contributed by atoms with Gasteiger partial charge in [0.2, 0.25) is 0 Å². The summed E-state index contributed by atoms with van der Waals surface area (Å²) in [6.07, 6.45) is 6.38. The van der Waals surface area contributed by atoms with Gasteiger partial charge in [0.15, 0.2) is 5.75 Å². The van der Waals surface area contributed by atoms with Gasteiger partial charge < -0.3 is 4.89 Å². The molecule has 1 N–H and O–H groups in total. The normalized spacial score (nSPS) is 17.7. The summed E-state index contributed by atoms with van der Waals surface area (Å²) >= 11 is 0. The standard InChI is InChI=1S/C13H18O2/c1-10-6-5-9-12(15-14)13(10)11-7-3-2-4-8-11/h5-6,9,11,14H,2-4,7-8H2,1H3. The van der Waals surface area contributed by atoms with Crippen molar-refractivity contribution < 1.29 is 10.1 Å². The van der Waals surface area contributed by atoms with Gasteiger partial charge in [-0.15, -0.1) is 0 Å². The van der Waals surface area contributed by atoms with Crippen molar-refractivity contribution in [3.05, 3.63) is 29.3 Å². The maximum Gasteiger partial charge on any atom is 0.168 e. The zero-order valence-electron chi connectivity index (χ0n) is 9.20. The maximum atomic E-state index is 8.87. The summed E-state index contributed by atoms with van der Waals surface area (Å²) < 4.78 is 0. The number of hydrogen-bond acceptors (Lipinski definition) is 2. The fraction of sp³-hybridized carbons (Fsp3) is 0.538. The molecule has 15 heavy (non-hydrogen) atoms. The third-order valence-corrected chi connectivity index (χ3v) is 3.40. The third-order valence-electron chi connectivity index (χ3n) is 3.40. The molecule has 1 aromatic rings. The van der Waals surface area contributed by atoms with Crippen molar-refractivity contribution in [2.75, 3.05) is 0 Å². The number of benzene rings is 1. The second-order valence-electron chi connectivity index (χ2n) is 4.41. The molecule has 1 fully saturated rings. The largest absolute Gasteiger partial charge is 0.340 e. The fourth-order valence-electron chi connectivity index (χ4n) is 2.65. The van der Waals surface area contributed by atoms with Crippen LogP contribution in [-0.4, -0.2) is 5.26 Å². The highest BCUT2D eigenvalue weighted by Crippen LogP contribution is 2.38. The molecule has 0 radical (unpaired) electrons. The summed E-state index contributed by atoms with van der Waals surface area (Å²) in [6, 6.07) is 5.86. The molecule has 2 rings (SSSR count). The van der Waals surface area contributed by atoms with Crippen LogP contribution in [0, 0.1) is 6.92 Å². The molecule has 0 heterocycles. The Bertz CT molecular complexity index is 327. The smallest absolute Gasteiger partial charge is 0.168 e. The van der Waals surface area contributed by atoms with E-state index in [4.69, 9.17) is 5.26 Å². The SMILES string of the molecule is Cc1cccc(OO)c1C1CCCCC1. The van der Waals surface area contributed by atoms with Gasteiger partial charge in [-0.25, -0.2) is 5.26 Å². The van der Waals surface area contributed by atoms with Gasteiger partial charge in [-0.3, -0.25) is 0 Å². The summed E-state index contributed by atoms with van der Waals surface area (Å²) in [5, 5.41) is 8.87. The highest BCUT2D eigenvalue weighted by molar-refractivity contribution is 5.42. The van der Waals surface area contributed by atoms with E-state index in [1.807, 2.05) is 12.1 Å². The Hall–Kier alpha value is -1.02. The average molecular weight is 206 g/mol. The van der Waals surface area contributed by atoms with Crippen LogP contribution >= 0.6 is 0 Å². The summed E-state index contributed by atoms with van der Waals surface area (Å²) in [6.45, 7) is 2.09. The van der Waals surface area contributed by atoms with E-state index in [0.29, 0.717) is 11.7 Å². The van der Waals surface area contributed by atoms with Gasteiger partial charge in [-0.05, 0) is 37.3 Å². The zero-order chi connectivity index (χ0) is 10.7. The van der Waals surface area contributed by atoms with Gasteiger partial charge in [-0.1, -0.05) is 31.4 Å². The average Bonchev–Trinajstić information content (AvgIpc) is 2.29. The van der Waals surface area contributed by atoms with Crippen LogP contribution in [0.2, 0.25) is 0 Å². The number of aryl methyl sites for hydroxylation is 1. The summed E-state index contributed by atoms with van der Waals surface area (Å²) in [4.78, 5) is 4.48. The topological polar surface area (TPSA) is 29.5 Å². The van der Waals surface area contributed by atoms with Crippen LogP contribution in [0.1, 0.15) is 49.1 Å². The van der Waals surface area contributed by atoms with Crippen molar-refractivity contribution in [3.8, 4) is 5.75 Å². The van der Waals surface area contributed by atoms with Gasteiger partial charge in [0.1, 0.15) is 0 Å². The molecular formula is C13H18O2. The minimum Gasteiger partial charge on any atom is -0.340 e.